The van der Waals surface area contributed by atoms with Crippen LogP contribution < -0.4 is 15.5 Å². The van der Waals surface area contributed by atoms with Crippen molar-refractivity contribution in [2.24, 2.45) is 0 Å². The molecule has 2 rings (SSSR count). The highest BCUT2D eigenvalue weighted by atomic mass is 16.3. The molecule has 1 unspecified atom stereocenters. The fourth-order valence-electron chi connectivity index (χ4n) is 3.10. The third-order valence-electron chi connectivity index (χ3n) is 5.05. The van der Waals surface area contributed by atoms with Crippen molar-refractivity contribution >= 4 is 11.7 Å². The fraction of sp³-hybridized carbons (Fsp3) is 0.579. The molecule has 6 nitrogen and oxygen atoms in total. The van der Waals surface area contributed by atoms with Crippen LogP contribution in [0.5, 0.6) is 0 Å². The zero-order valence-electron chi connectivity index (χ0n) is 15.1. The second kappa shape index (κ2) is 8.72. The van der Waals surface area contributed by atoms with Crippen molar-refractivity contribution in [3.05, 3.63) is 29.8 Å². The molecule has 2 amide bonds. The van der Waals surface area contributed by atoms with Gasteiger partial charge in [-0.25, -0.2) is 4.79 Å². The Balaban J connectivity index is 1.81. The van der Waals surface area contributed by atoms with Gasteiger partial charge in [-0.1, -0.05) is 6.92 Å². The van der Waals surface area contributed by atoms with Crippen molar-refractivity contribution in [3.8, 4) is 6.07 Å². The Morgan fingerprint density at radius 2 is 2.00 bits per heavy atom. The SMILES string of the molecule is CCC(C)(CCO)NC(=O)NC1CCN(c2ccc(C#N)cc2)CC1. The Hall–Kier alpha value is -2.26. The topological polar surface area (TPSA) is 88.4 Å². The van der Waals surface area contributed by atoms with Crippen molar-refractivity contribution in [2.75, 3.05) is 24.6 Å². The van der Waals surface area contributed by atoms with Gasteiger partial charge in [0.05, 0.1) is 11.6 Å². The lowest BCUT2D eigenvalue weighted by molar-refractivity contribution is 0.197. The van der Waals surface area contributed by atoms with Crippen molar-refractivity contribution in [1.29, 1.82) is 5.26 Å². The standard InChI is InChI=1S/C19H28N4O2/c1-3-19(2,10-13-24)22-18(25)21-16-8-11-23(12-9-16)17-6-4-15(14-20)5-7-17/h4-7,16,24H,3,8-13H2,1-2H3,(H2,21,22,25). The second-order valence-electron chi connectivity index (χ2n) is 6.91. The van der Waals surface area contributed by atoms with Crippen molar-refractivity contribution < 1.29 is 9.90 Å². The number of carbonyl (C=O) groups excluding carboxylic acids is 1. The van der Waals surface area contributed by atoms with E-state index < -0.39 is 0 Å². The first kappa shape index (κ1) is 19.1. The highest BCUT2D eigenvalue weighted by molar-refractivity contribution is 5.75. The molecule has 1 saturated heterocycles. The Labute approximate surface area is 149 Å². The molecule has 1 aliphatic heterocycles. The summed E-state index contributed by atoms with van der Waals surface area (Å²) in [6, 6.07) is 9.74. The lowest BCUT2D eigenvalue weighted by atomic mass is 9.95. The van der Waals surface area contributed by atoms with Crippen LogP contribution in [0.3, 0.4) is 0 Å². The smallest absolute Gasteiger partial charge is 0.315 e. The van der Waals surface area contributed by atoms with Crippen LogP contribution in [-0.4, -0.2) is 42.4 Å². The molecule has 1 atom stereocenters. The number of anilines is 1. The minimum atomic E-state index is -0.373. The van der Waals surface area contributed by atoms with Crippen molar-refractivity contribution in [2.45, 2.75) is 51.1 Å². The van der Waals surface area contributed by atoms with Gasteiger partial charge in [0.1, 0.15) is 0 Å². The molecule has 0 spiro atoms. The number of hydrogen-bond acceptors (Lipinski definition) is 4. The van der Waals surface area contributed by atoms with E-state index in [4.69, 9.17) is 10.4 Å². The van der Waals surface area contributed by atoms with E-state index in [2.05, 4.69) is 21.6 Å². The summed E-state index contributed by atoms with van der Waals surface area (Å²) in [5, 5.41) is 24.1. The summed E-state index contributed by atoms with van der Waals surface area (Å²) >= 11 is 0. The predicted molar refractivity (Wildman–Crippen MR) is 98.5 cm³/mol. The maximum absolute atomic E-state index is 12.2. The molecule has 0 aromatic heterocycles. The molecule has 1 aliphatic rings. The summed E-state index contributed by atoms with van der Waals surface area (Å²) < 4.78 is 0. The van der Waals surface area contributed by atoms with E-state index in [-0.39, 0.29) is 24.2 Å². The third-order valence-corrected chi connectivity index (χ3v) is 5.05. The number of amides is 2. The van der Waals surface area contributed by atoms with Crippen LogP contribution in [0.1, 0.15) is 45.1 Å². The number of piperidine rings is 1. The normalized spacial score (nSPS) is 17.4. The average molecular weight is 344 g/mol. The minimum Gasteiger partial charge on any atom is -0.396 e. The highest BCUT2D eigenvalue weighted by Crippen LogP contribution is 2.20. The van der Waals surface area contributed by atoms with Crippen LogP contribution in [-0.2, 0) is 0 Å². The summed E-state index contributed by atoms with van der Waals surface area (Å²) in [7, 11) is 0. The van der Waals surface area contributed by atoms with Gasteiger partial charge in [-0.05, 0) is 56.9 Å². The van der Waals surface area contributed by atoms with E-state index in [0.717, 1.165) is 38.0 Å². The number of nitrogens with zero attached hydrogens (tertiary/aromatic N) is 2. The molecule has 0 bridgehead atoms. The monoisotopic (exact) mass is 344 g/mol. The van der Waals surface area contributed by atoms with Gasteiger partial charge in [0.15, 0.2) is 0 Å². The lowest BCUT2D eigenvalue weighted by Crippen LogP contribution is -2.54. The van der Waals surface area contributed by atoms with E-state index in [1.165, 1.54) is 0 Å². The molecule has 1 aromatic carbocycles. The molecule has 1 fully saturated rings. The molecule has 136 valence electrons. The highest BCUT2D eigenvalue weighted by Gasteiger charge is 2.26. The molecule has 3 N–H and O–H groups in total. The van der Waals surface area contributed by atoms with Crippen LogP contribution in [0, 0.1) is 11.3 Å². The molecule has 0 aliphatic carbocycles. The summed E-state index contributed by atoms with van der Waals surface area (Å²) in [6.45, 7) is 5.77. The van der Waals surface area contributed by atoms with Gasteiger partial charge in [0.2, 0.25) is 0 Å². The van der Waals surface area contributed by atoms with Crippen LogP contribution in [0.15, 0.2) is 24.3 Å². The zero-order chi connectivity index (χ0) is 18.3. The number of benzene rings is 1. The molecule has 0 saturated carbocycles. The van der Waals surface area contributed by atoms with Gasteiger partial charge in [0, 0.05) is 37.0 Å². The number of carbonyl (C=O) groups is 1. The molecule has 6 heteroatoms. The Bertz CT molecular complexity index is 603. The molecule has 25 heavy (non-hydrogen) atoms. The molecular formula is C19H28N4O2. The van der Waals surface area contributed by atoms with Crippen molar-refractivity contribution in [1.82, 2.24) is 10.6 Å². The summed E-state index contributed by atoms with van der Waals surface area (Å²) in [5.41, 5.74) is 1.41. The average Bonchev–Trinajstić information content (AvgIpc) is 2.62. The number of aliphatic hydroxyl groups is 1. The quantitative estimate of drug-likeness (QED) is 0.739. The number of hydrogen-bond donors (Lipinski definition) is 3. The summed E-state index contributed by atoms with van der Waals surface area (Å²) in [4.78, 5) is 14.5. The van der Waals surface area contributed by atoms with E-state index >= 15 is 0 Å². The lowest BCUT2D eigenvalue weighted by Gasteiger charge is -2.35. The Kier molecular flexibility index (Phi) is 6.65. The second-order valence-corrected chi connectivity index (χ2v) is 6.91. The number of nitrogens with one attached hydrogen (secondary N) is 2. The molecular weight excluding hydrogens is 316 g/mol. The zero-order valence-corrected chi connectivity index (χ0v) is 15.1. The number of urea groups is 1. The van der Waals surface area contributed by atoms with Crippen molar-refractivity contribution in [3.63, 3.8) is 0 Å². The third kappa shape index (κ3) is 5.36. The number of rotatable bonds is 6. The van der Waals surface area contributed by atoms with Gasteiger partial charge < -0.3 is 20.6 Å². The van der Waals surface area contributed by atoms with Gasteiger partial charge in [-0.3, -0.25) is 0 Å². The first-order valence-electron chi connectivity index (χ1n) is 8.94. The fourth-order valence-corrected chi connectivity index (χ4v) is 3.10. The van der Waals surface area contributed by atoms with E-state index in [1.807, 2.05) is 38.1 Å². The van der Waals surface area contributed by atoms with Gasteiger partial charge in [0.25, 0.3) is 0 Å². The van der Waals surface area contributed by atoms with Gasteiger partial charge >= 0.3 is 6.03 Å². The van der Waals surface area contributed by atoms with Crippen LogP contribution in [0.2, 0.25) is 0 Å². The Morgan fingerprint density at radius 3 is 2.52 bits per heavy atom. The summed E-state index contributed by atoms with van der Waals surface area (Å²) in [6.07, 6.45) is 3.10. The maximum Gasteiger partial charge on any atom is 0.315 e. The molecule has 1 heterocycles. The first-order valence-corrected chi connectivity index (χ1v) is 8.94. The van der Waals surface area contributed by atoms with Gasteiger partial charge in [-0.15, -0.1) is 0 Å². The molecule has 1 aromatic rings. The predicted octanol–water partition coefficient (Wildman–Crippen LogP) is 2.38. The minimum absolute atomic E-state index is 0.0631. The van der Waals surface area contributed by atoms with E-state index in [9.17, 15) is 4.79 Å². The molecule has 0 radical (unpaired) electrons. The summed E-state index contributed by atoms with van der Waals surface area (Å²) in [5.74, 6) is 0. The van der Waals surface area contributed by atoms with E-state index in [1.54, 1.807) is 0 Å². The Morgan fingerprint density at radius 1 is 1.36 bits per heavy atom. The van der Waals surface area contributed by atoms with Crippen LogP contribution in [0.4, 0.5) is 10.5 Å². The van der Waals surface area contributed by atoms with E-state index in [0.29, 0.717) is 12.0 Å². The largest absolute Gasteiger partial charge is 0.396 e. The maximum atomic E-state index is 12.2. The van der Waals surface area contributed by atoms with Crippen LogP contribution >= 0.6 is 0 Å². The van der Waals surface area contributed by atoms with Crippen LogP contribution in [0.25, 0.3) is 0 Å². The number of aliphatic hydroxyl groups excluding tert-OH is 1. The number of nitriles is 1. The first-order chi connectivity index (χ1) is 12.0. The van der Waals surface area contributed by atoms with Gasteiger partial charge in [-0.2, -0.15) is 5.26 Å².